The van der Waals surface area contributed by atoms with Gasteiger partial charge in [0, 0.05) is 18.4 Å². The molecule has 19 heavy (non-hydrogen) atoms. The van der Waals surface area contributed by atoms with Gasteiger partial charge in [0.05, 0.1) is 21.3 Å². The first-order valence-electron chi connectivity index (χ1n) is 5.66. The minimum atomic E-state index is -0.207. The second kappa shape index (κ2) is 5.23. The van der Waals surface area contributed by atoms with E-state index in [1.54, 1.807) is 36.9 Å². The standard InChI is InChI=1S/C13H13Cl2N3O/c1-7-12(8(2)18(3)17-7)13(19)16-9-4-5-10(14)11(15)6-9/h4-6H,1-3H3,(H,16,19). The predicted octanol–water partition coefficient (Wildman–Crippen LogP) is 3.60. The molecule has 0 saturated carbocycles. The van der Waals surface area contributed by atoms with Gasteiger partial charge >= 0.3 is 0 Å². The molecule has 0 aliphatic carbocycles. The Balaban J connectivity index is 2.28. The summed E-state index contributed by atoms with van der Waals surface area (Å²) < 4.78 is 1.68. The molecule has 0 spiro atoms. The molecule has 4 nitrogen and oxygen atoms in total. The van der Waals surface area contributed by atoms with Crippen molar-refractivity contribution in [1.82, 2.24) is 9.78 Å². The van der Waals surface area contributed by atoms with E-state index in [0.29, 0.717) is 27.0 Å². The van der Waals surface area contributed by atoms with Gasteiger partial charge in [-0.25, -0.2) is 0 Å². The Morgan fingerprint density at radius 2 is 1.95 bits per heavy atom. The quantitative estimate of drug-likeness (QED) is 0.921. The summed E-state index contributed by atoms with van der Waals surface area (Å²) in [5, 5.41) is 7.85. The first-order chi connectivity index (χ1) is 8.90. The number of aryl methyl sites for hydroxylation is 2. The van der Waals surface area contributed by atoms with E-state index >= 15 is 0 Å². The zero-order valence-electron chi connectivity index (χ0n) is 10.8. The number of nitrogens with zero attached hydrogens (tertiary/aromatic N) is 2. The monoisotopic (exact) mass is 297 g/mol. The Kier molecular flexibility index (Phi) is 3.83. The molecule has 6 heteroatoms. The highest BCUT2D eigenvalue weighted by Crippen LogP contribution is 2.25. The number of nitrogens with one attached hydrogen (secondary N) is 1. The summed E-state index contributed by atoms with van der Waals surface area (Å²) in [6, 6.07) is 4.96. The maximum atomic E-state index is 12.2. The predicted molar refractivity (Wildman–Crippen MR) is 77.1 cm³/mol. The average molecular weight is 298 g/mol. The Morgan fingerprint density at radius 3 is 2.47 bits per heavy atom. The zero-order chi connectivity index (χ0) is 14.2. The number of benzene rings is 1. The van der Waals surface area contributed by atoms with Crippen LogP contribution in [-0.4, -0.2) is 15.7 Å². The summed E-state index contributed by atoms with van der Waals surface area (Å²) in [5.41, 5.74) is 2.68. The second-order valence-corrected chi connectivity index (χ2v) is 5.07. The molecule has 0 fully saturated rings. The van der Waals surface area contributed by atoms with Gasteiger partial charge in [0.15, 0.2) is 0 Å². The Hall–Kier alpha value is -1.52. The van der Waals surface area contributed by atoms with Crippen molar-refractivity contribution in [2.24, 2.45) is 7.05 Å². The summed E-state index contributed by atoms with van der Waals surface area (Å²) in [6.45, 7) is 3.65. The third-order valence-corrected chi connectivity index (χ3v) is 3.65. The molecular weight excluding hydrogens is 285 g/mol. The van der Waals surface area contributed by atoms with E-state index in [2.05, 4.69) is 10.4 Å². The van der Waals surface area contributed by atoms with Crippen molar-refractivity contribution >= 4 is 34.8 Å². The largest absolute Gasteiger partial charge is 0.322 e. The topological polar surface area (TPSA) is 46.9 Å². The lowest BCUT2D eigenvalue weighted by atomic mass is 10.2. The fraction of sp³-hybridized carbons (Fsp3) is 0.231. The molecular formula is C13H13Cl2N3O. The van der Waals surface area contributed by atoms with Crippen molar-refractivity contribution in [2.45, 2.75) is 13.8 Å². The van der Waals surface area contributed by atoms with Crippen LogP contribution in [0.2, 0.25) is 10.0 Å². The van der Waals surface area contributed by atoms with Gasteiger partial charge in [-0.05, 0) is 32.0 Å². The summed E-state index contributed by atoms with van der Waals surface area (Å²) in [5.74, 6) is -0.207. The van der Waals surface area contributed by atoms with E-state index in [1.165, 1.54) is 0 Å². The molecule has 0 unspecified atom stereocenters. The molecule has 0 bridgehead atoms. The molecule has 1 aromatic carbocycles. The molecule has 2 aromatic rings. The fourth-order valence-electron chi connectivity index (χ4n) is 1.87. The van der Waals surface area contributed by atoms with Crippen LogP contribution in [0.4, 0.5) is 5.69 Å². The second-order valence-electron chi connectivity index (χ2n) is 4.25. The third kappa shape index (κ3) is 2.74. The molecule has 1 aromatic heterocycles. The number of anilines is 1. The van der Waals surface area contributed by atoms with Crippen LogP contribution < -0.4 is 5.32 Å². The number of carbonyl (C=O) groups excluding carboxylic acids is 1. The molecule has 0 atom stereocenters. The van der Waals surface area contributed by atoms with Crippen LogP contribution in [0, 0.1) is 13.8 Å². The van der Waals surface area contributed by atoms with E-state index in [-0.39, 0.29) is 5.91 Å². The number of halogens is 2. The maximum absolute atomic E-state index is 12.2. The SMILES string of the molecule is Cc1nn(C)c(C)c1C(=O)Nc1ccc(Cl)c(Cl)c1. The van der Waals surface area contributed by atoms with Crippen LogP contribution >= 0.6 is 23.2 Å². The lowest BCUT2D eigenvalue weighted by Gasteiger charge is -2.06. The lowest BCUT2D eigenvalue weighted by molar-refractivity contribution is 0.102. The van der Waals surface area contributed by atoms with Gasteiger partial charge in [-0.3, -0.25) is 9.48 Å². The van der Waals surface area contributed by atoms with Crippen LogP contribution in [0.3, 0.4) is 0 Å². The minimum Gasteiger partial charge on any atom is -0.322 e. The number of hydrogen-bond acceptors (Lipinski definition) is 2. The Bertz CT molecular complexity index is 650. The highest BCUT2D eigenvalue weighted by Gasteiger charge is 2.17. The smallest absolute Gasteiger partial charge is 0.259 e. The summed E-state index contributed by atoms with van der Waals surface area (Å²) >= 11 is 11.7. The molecule has 1 N–H and O–H groups in total. The van der Waals surface area contributed by atoms with Crippen molar-refractivity contribution in [3.05, 3.63) is 45.2 Å². The van der Waals surface area contributed by atoms with E-state index in [4.69, 9.17) is 23.2 Å². The summed E-state index contributed by atoms with van der Waals surface area (Å²) in [4.78, 5) is 12.2. The number of aromatic nitrogens is 2. The van der Waals surface area contributed by atoms with E-state index in [1.807, 2.05) is 6.92 Å². The lowest BCUT2D eigenvalue weighted by Crippen LogP contribution is -2.14. The fourth-order valence-corrected chi connectivity index (χ4v) is 2.17. The highest BCUT2D eigenvalue weighted by atomic mass is 35.5. The molecule has 0 saturated heterocycles. The molecule has 0 radical (unpaired) electrons. The van der Waals surface area contributed by atoms with Crippen LogP contribution in [0.5, 0.6) is 0 Å². The molecule has 0 aliphatic rings. The number of rotatable bonds is 2. The van der Waals surface area contributed by atoms with Gasteiger partial charge in [-0.2, -0.15) is 5.10 Å². The first kappa shape index (κ1) is 13.9. The molecule has 0 aliphatic heterocycles. The van der Waals surface area contributed by atoms with Gasteiger partial charge in [-0.15, -0.1) is 0 Å². The average Bonchev–Trinajstić information content (AvgIpc) is 2.58. The molecule has 100 valence electrons. The molecule has 2 rings (SSSR count). The zero-order valence-corrected chi connectivity index (χ0v) is 12.3. The van der Waals surface area contributed by atoms with Gasteiger partial charge in [0.2, 0.25) is 0 Å². The van der Waals surface area contributed by atoms with Crippen LogP contribution in [-0.2, 0) is 7.05 Å². The van der Waals surface area contributed by atoms with Crippen molar-refractivity contribution in [1.29, 1.82) is 0 Å². The first-order valence-corrected chi connectivity index (χ1v) is 6.42. The number of hydrogen-bond donors (Lipinski definition) is 1. The minimum absolute atomic E-state index is 0.207. The van der Waals surface area contributed by atoms with Crippen molar-refractivity contribution in [3.8, 4) is 0 Å². The maximum Gasteiger partial charge on any atom is 0.259 e. The van der Waals surface area contributed by atoms with E-state index < -0.39 is 0 Å². The van der Waals surface area contributed by atoms with Gasteiger partial charge in [0.25, 0.3) is 5.91 Å². The molecule has 1 heterocycles. The van der Waals surface area contributed by atoms with E-state index in [0.717, 1.165) is 5.69 Å². The van der Waals surface area contributed by atoms with Gasteiger partial charge in [0.1, 0.15) is 0 Å². The molecule has 1 amide bonds. The van der Waals surface area contributed by atoms with Crippen molar-refractivity contribution in [3.63, 3.8) is 0 Å². The number of amides is 1. The van der Waals surface area contributed by atoms with Crippen LogP contribution in [0.15, 0.2) is 18.2 Å². The normalized spacial score (nSPS) is 10.6. The van der Waals surface area contributed by atoms with E-state index in [9.17, 15) is 4.79 Å². The highest BCUT2D eigenvalue weighted by molar-refractivity contribution is 6.42. The summed E-state index contributed by atoms with van der Waals surface area (Å²) in [6.07, 6.45) is 0. The van der Waals surface area contributed by atoms with Crippen LogP contribution in [0.1, 0.15) is 21.7 Å². The number of carbonyl (C=O) groups is 1. The Morgan fingerprint density at radius 1 is 1.26 bits per heavy atom. The van der Waals surface area contributed by atoms with Crippen molar-refractivity contribution in [2.75, 3.05) is 5.32 Å². The van der Waals surface area contributed by atoms with Gasteiger partial charge < -0.3 is 5.32 Å². The van der Waals surface area contributed by atoms with Crippen molar-refractivity contribution < 1.29 is 4.79 Å². The summed E-state index contributed by atoms with van der Waals surface area (Å²) in [7, 11) is 1.80. The van der Waals surface area contributed by atoms with Crippen LogP contribution in [0.25, 0.3) is 0 Å². The Labute approximate surface area is 121 Å². The van der Waals surface area contributed by atoms with Gasteiger partial charge in [-0.1, -0.05) is 23.2 Å². The third-order valence-electron chi connectivity index (χ3n) is 2.91.